The molecule has 6 aromatic rings. The fourth-order valence-electron chi connectivity index (χ4n) is 6.91. The predicted molar refractivity (Wildman–Crippen MR) is 234 cm³/mol. The molecule has 2 heterocycles. The number of benzene rings is 4. The number of hydrogen-bond donors (Lipinski definition) is 3. The summed E-state index contributed by atoms with van der Waals surface area (Å²) in [5.74, 6) is -3.26. The largest absolute Gasteiger partial charge is 1.00 e. The molecule has 0 aliphatic rings. The second kappa shape index (κ2) is 22.5. The number of carboxylic acid groups (broad SMARTS) is 1. The Morgan fingerprint density at radius 1 is 0.790 bits per heavy atom. The van der Waals surface area contributed by atoms with Gasteiger partial charge in [0.25, 0.3) is 5.91 Å². The summed E-state index contributed by atoms with van der Waals surface area (Å²) in [4.78, 5) is 51.7. The molecule has 16 heteroatoms. The fraction of sp³-hybridized carbons (Fsp3) is 0.239. The van der Waals surface area contributed by atoms with Gasteiger partial charge in [0.15, 0.2) is 0 Å². The van der Waals surface area contributed by atoms with Crippen LogP contribution in [0.2, 0.25) is 0 Å². The maximum atomic E-state index is 14.5. The number of esters is 2. The zero-order valence-electron chi connectivity index (χ0n) is 34.2. The Hall–Kier alpha value is -4.84. The second-order valence-corrected chi connectivity index (χ2v) is 17.4. The van der Waals surface area contributed by atoms with Crippen LogP contribution in [-0.4, -0.2) is 50.8 Å². The van der Waals surface area contributed by atoms with E-state index in [2.05, 4.69) is 5.32 Å². The summed E-state index contributed by atoms with van der Waals surface area (Å²) in [5, 5.41) is 35.0. The number of carbonyl (C=O) groups is 4. The van der Waals surface area contributed by atoms with E-state index < -0.39 is 48.3 Å². The van der Waals surface area contributed by atoms with Crippen LogP contribution in [0.4, 0.5) is 10.1 Å². The SMILES string of the molecule is CC(C)c1c(C(=O)Nc2ccc(OC(=O)CCC(=O)Oc3ccc(-c4cc(=S)ss4)cc3)cc2)c(-c2ccccc2)c(-c2ccc(F)cc2)n1CC[C@@H](O)C[C@@H](O)CC(=O)[O-].[Na+]. The van der Waals surface area contributed by atoms with Crippen molar-refractivity contribution in [3.8, 4) is 44.3 Å². The van der Waals surface area contributed by atoms with Gasteiger partial charge >= 0.3 is 41.5 Å². The van der Waals surface area contributed by atoms with E-state index in [9.17, 15) is 38.9 Å². The van der Waals surface area contributed by atoms with Gasteiger partial charge < -0.3 is 39.5 Å². The van der Waals surface area contributed by atoms with E-state index in [1.54, 1.807) is 46.7 Å². The number of nitrogens with one attached hydrogen (secondary N) is 1. The quantitative estimate of drug-likeness (QED) is 0.0316. The van der Waals surface area contributed by atoms with Crippen molar-refractivity contribution in [1.29, 1.82) is 0 Å². The molecule has 0 unspecified atom stereocenters. The van der Waals surface area contributed by atoms with Crippen LogP contribution in [0.5, 0.6) is 11.5 Å². The van der Waals surface area contributed by atoms with Crippen LogP contribution in [0.3, 0.4) is 0 Å². The van der Waals surface area contributed by atoms with Crippen molar-refractivity contribution in [1.82, 2.24) is 4.57 Å². The van der Waals surface area contributed by atoms with E-state index in [0.29, 0.717) is 45.1 Å². The average molecular weight is 905 g/mol. The van der Waals surface area contributed by atoms with E-state index in [0.717, 1.165) is 14.3 Å². The summed E-state index contributed by atoms with van der Waals surface area (Å²) in [6.45, 7) is 4.03. The van der Waals surface area contributed by atoms with Crippen LogP contribution in [0.1, 0.15) is 67.9 Å². The Kier molecular flexibility index (Phi) is 17.5. The van der Waals surface area contributed by atoms with E-state index in [1.165, 1.54) is 34.6 Å². The Morgan fingerprint density at radius 2 is 1.37 bits per heavy atom. The molecule has 0 spiro atoms. The van der Waals surface area contributed by atoms with Gasteiger partial charge in [0, 0.05) is 40.8 Å². The monoisotopic (exact) mass is 904 g/mol. The van der Waals surface area contributed by atoms with Crippen LogP contribution in [0, 0.1) is 9.64 Å². The number of aromatic nitrogens is 1. The van der Waals surface area contributed by atoms with Gasteiger partial charge in [-0.15, -0.1) is 0 Å². The van der Waals surface area contributed by atoms with Crippen LogP contribution in [0.15, 0.2) is 109 Å². The van der Waals surface area contributed by atoms with Crippen molar-refractivity contribution in [2.24, 2.45) is 0 Å². The molecule has 11 nitrogen and oxygen atoms in total. The van der Waals surface area contributed by atoms with Gasteiger partial charge in [-0.05, 0) is 114 Å². The molecular weight excluding hydrogens is 863 g/mol. The minimum absolute atomic E-state index is 0. The summed E-state index contributed by atoms with van der Waals surface area (Å²) in [6, 6.07) is 30.3. The first-order valence-electron chi connectivity index (χ1n) is 19.4. The minimum Gasteiger partial charge on any atom is -0.550 e. The first-order valence-corrected chi connectivity index (χ1v) is 22.0. The number of amides is 1. The van der Waals surface area contributed by atoms with Gasteiger partial charge in [0.2, 0.25) is 0 Å². The number of aliphatic carboxylic acids is 1. The van der Waals surface area contributed by atoms with Gasteiger partial charge in [0.1, 0.15) is 21.1 Å². The number of anilines is 1. The van der Waals surface area contributed by atoms with E-state index in [4.69, 9.17) is 21.7 Å². The van der Waals surface area contributed by atoms with Crippen molar-refractivity contribution in [3.63, 3.8) is 0 Å². The molecule has 0 aliphatic heterocycles. The standard InChI is InChI=1S/C46H43FN2O9S3.Na/c1-27(2)44-43(42(29-6-4-3-5-7-29)45(30-8-12-31(47)13-9-30)49(44)23-22-33(50)24-34(51)25-38(52)53)46(56)48-32-14-18-36(19-15-32)58-40(55)21-20-39(54)57-35-16-10-28(11-17-35)37-26-41(59)61-60-37;/h3-19,26-27,33-34,50-51H,20-25H2,1-2H3,(H,48,56)(H,52,53);/q;+1/p-1/t33-,34-;/m1./s1. The third-order valence-corrected chi connectivity index (χ3v) is 12.5. The molecule has 316 valence electrons. The average Bonchev–Trinajstić information content (AvgIpc) is 3.82. The molecule has 0 saturated heterocycles. The Morgan fingerprint density at radius 3 is 1.92 bits per heavy atom. The zero-order valence-corrected chi connectivity index (χ0v) is 38.6. The molecule has 6 rings (SSSR count). The molecule has 0 fully saturated rings. The third-order valence-electron chi connectivity index (χ3n) is 9.60. The molecule has 2 atom stereocenters. The normalized spacial score (nSPS) is 12.0. The zero-order chi connectivity index (χ0) is 43.6. The van der Waals surface area contributed by atoms with Crippen molar-refractivity contribution < 1.29 is 77.9 Å². The van der Waals surface area contributed by atoms with Crippen molar-refractivity contribution >= 4 is 62.4 Å². The van der Waals surface area contributed by atoms with Gasteiger partial charge in [-0.3, -0.25) is 14.4 Å². The Balaban J connectivity index is 0.00000726. The number of hydrogen-bond acceptors (Lipinski definition) is 12. The van der Waals surface area contributed by atoms with Crippen molar-refractivity contribution in [3.05, 3.63) is 130 Å². The van der Waals surface area contributed by atoms with E-state index in [1.807, 2.05) is 66.9 Å². The number of carbonyl (C=O) groups excluding carboxylic acids is 4. The smallest absolute Gasteiger partial charge is 0.550 e. The summed E-state index contributed by atoms with van der Waals surface area (Å²) in [5.41, 5.74) is 4.83. The number of aliphatic hydroxyl groups excluding tert-OH is 2. The topological polar surface area (TPSA) is 167 Å². The number of nitrogens with zero attached hydrogens (tertiary/aromatic N) is 1. The van der Waals surface area contributed by atoms with Gasteiger partial charge in [0.05, 0.1) is 36.3 Å². The first kappa shape index (κ1) is 48.2. The number of ether oxygens (including phenoxy) is 2. The molecule has 0 bridgehead atoms. The van der Waals surface area contributed by atoms with Crippen LogP contribution in [0.25, 0.3) is 32.8 Å². The number of carboxylic acids is 1. The molecule has 3 N–H and O–H groups in total. The van der Waals surface area contributed by atoms with Crippen LogP contribution in [-0.2, 0) is 20.9 Å². The molecule has 0 aliphatic carbocycles. The fourth-order valence-corrected chi connectivity index (χ4v) is 9.31. The summed E-state index contributed by atoms with van der Waals surface area (Å²) in [6.07, 6.45) is -3.53. The maximum Gasteiger partial charge on any atom is 1.00 e. The van der Waals surface area contributed by atoms with Crippen molar-refractivity contribution in [2.45, 2.75) is 70.6 Å². The van der Waals surface area contributed by atoms with Gasteiger partial charge in [-0.1, -0.05) is 77.1 Å². The Labute approximate surface area is 392 Å². The second-order valence-electron chi connectivity index (χ2n) is 14.5. The predicted octanol–water partition coefficient (Wildman–Crippen LogP) is 5.79. The van der Waals surface area contributed by atoms with E-state index in [-0.39, 0.29) is 73.5 Å². The van der Waals surface area contributed by atoms with Crippen LogP contribution >= 0.6 is 32.9 Å². The molecule has 0 saturated carbocycles. The van der Waals surface area contributed by atoms with Gasteiger partial charge in [-0.25, -0.2) is 4.39 Å². The summed E-state index contributed by atoms with van der Waals surface area (Å²) in [7, 11) is 3.08. The molecule has 2 aromatic heterocycles. The van der Waals surface area contributed by atoms with E-state index >= 15 is 0 Å². The van der Waals surface area contributed by atoms with Crippen molar-refractivity contribution in [2.75, 3.05) is 5.32 Å². The number of rotatable bonds is 18. The van der Waals surface area contributed by atoms with Crippen LogP contribution < -0.4 is 49.5 Å². The summed E-state index contributed by atoms with van der Waals surface area (Å²) >= 11 is 5.20. The molecular formula is C46H42FN2NaO9S3. The molecule has 1 amide bonds. The first-order chi connectivity index (χ1) is 29.2. The Bertz CT molecular complexity index is 2540. The molecule has 4 aromatic carbocycles. The molecule has 62 heavy (non-hydrogen) atoms. The number of halogens is 1. The van der Waals surface area contributed by atoms with Gasteiger partial charge in [-0.2, -0.15) is 0 Å². The molecule has 0 radical (unpaired) electrons. The maximum absolute atomic E-state index is 14.5. The third kappa shape index (κ3) is 12.9. The number of aliphatic hydroxyl groups is 2. The minimum atomic E-state index is -1.43. The summed E-state index contributed by atoms with van der Waals surface area (Å²) < 4.78 is 27.8.